The summed E-state index contributed by atoms with van der Waals surface area (Å²) < 4.78 is 0. The van der Waals surface area contributed by atoms with Gasteiger partial charge in [0, 0.05) is 12.1 Å². The normalized spacial score (nSPS) is 25.0. The van der Waals surface area contributed by atoms with E-state index in [0.717, 1.165) is 13.1 Å². The summed E-state index contributed by atoms with van der Waals surface area (Å²) in [6.45, 7) is 16.3. The summed E-state index contributed by atoms with van der Waals surface area (Å²) >= 11 is 0. The molecule has 2 aliphatic rings. The zero-order valence-corrected chi connectivity index (χ0v) is 21.2. The molecule has 2 nitrogen and oxygen atoms in total. The van der Waals surface area contributed by atoms with Crippen molar-refractivity contribution in [3.8, 4) is 0 Å². The van der Waals surface area contributed by atoms with Crippen molar-refractivity contribution >= 4 is 0 Å². The molecule has 2 saturated heterocycles. The summed E-state index contributed by atoms with van der Waals surface area (Å²) in [6, 6.07) is 17.5. The van der Waals surface area contributed by atoms with E-state index in [1.165, 1.54) is 48.8 Å². The van der Waals surface area contributed by atoms with Gasteiger partial charge in [0.2, 0.25) is 0 Å². The summed E-state index contributed by atoms with van der Waals surface area (Å²) in [5, 5.41) is 7.67. The van der Waals surface area contributed by atoms with Crippen LogP contribution in [0.25, 0.3) is 0 Å². The highest BCUT2D eigenvalue weighted by atomic mass is 14.9. The van der Waals surface area contributed by atoms with Crippen molar-refractivity contribution in [2.75, 3.05) is 13.1 Å². The van der Waals surface area contributed by atoms with Gasteiger partial charge in [-0.05, 0) is 83.3 Å². The molecule has 0 radical (unpaired) electrons. The van der Waals surface area contributed by atoms with Crippen molar-refractivity contribution in [1.29, 1.82) is 0 Å². The lowest BCUT2D eigenvalue weighted by Crippen LogP contribution is -2.33. The van der Waals surface area contributed by atoms with Gasteiger partial charge in [-0.1, -0.05) is 90.4 Å². The van der Waals surface area contributed by atoms with E-state index in [1.54, 1.807) is 11.1 Å². The number of rotatable bonds is 3. The summed E-state index contributed by atoms with van der Waals surface area (Å²) in [5.41, 5.74) is 7.93. The second kappa shape index (κ2) is 9.31. The first-order valence-corrected chi connectivity index (χ1v) is 12.8. The van der Waals surface area contributed by atoms with E-state index in [-0.39, 0.29) is 10.8 Å². The maximum atomic E-state index is 3.85. The van der Waals surface area contributed by atoms with Crippen LogP contribution < -0.4 is 10.6 Å². The second-order valence-corrected chi connectivity index (χ2v) is 12.2. The Bertz CT molecular complexity index is 909. The van der Waals surface area contributed by atoms with Gasteiger partial charge in [0.15, 0.2) is 0 Å². The third-order valence-electron chi connectivity index (χ3n) is 7.59. The Balaban J connectivity index is 1.64. The minimum absolute atomic E-state index is 0.166. The molecule has 0 spiro atoms. The van der Waals surface area contributed by atoms with Gasteiger partial charge < -0.3 is 10.6 Å². The largest absolute Gasteiger partial charge is 0.310 e. The first kappa shape index (κ1) is 23.5. The van der Waals surface area contributed by atoms with Gasteiger partial charge in [0.25, 0.3) is 0 Å². The minimum Gasteiger partial charge on any atom is -0.310 e. The first-order chi connectivity index (χ1) is 15.1. The quantitative estimate of drug-likeness (QED) is 0.531. The maximum Gasteiger partial charge on any atom is 0.0329 e. The van der Waals surface area contributed by atoms with Gasteiger partial charge >= 0.3 is 0 Å². The SMILES string of the molecule is CC(C)(C)c1ccc(C2CCN[C@@H](c3ccccc3C(C)(C)C)C2)cc1[C@@H]1CCCCN1. The van der Waals surface area contributed by atoms with E-state index in [2.05, 4.69) is 94.6 Å². The van der Waals surface area contributed by atoms with Gasteiger partial charge in [-0.25, -0.2) is 0 Å². The van der Waals surface area contributed by atoms with E-state index in [1.807, 2.05) is 0 Å². The Morgan fingerprint density at radius 1 is 0.688 bits per heavy atom. The molecule has 32 heavy (non-hydrogen) atoms. The molecule has 2 N–H and O–H groups in total. The molecule has 2 aromatic carbocycles. The van der Waals surface area contributed by atoms with E-state index in [4.69, 9.17) is 0 Å². The van der Waals surface area contributed by atoms with Crippen molar-refractivity contribution in [2.24, 2.45) is 0 Å². The fourth-order valence-electron chi connectivity index (χ4n) is 5.86. The van der Waals surface area contributed by atoms with Gasteiger partial charge in [0.1, 0.15) is 0 Å². The Kier molecular flexibility index (Phi) is 6.84. The summed E-state index contributed by atoms with van der Waals surface area (Å²) in [7, 11) is 0. The summed E-state index contributed by atoms with van der Waals surface area (Å²) in [4.78, 5) is 0. The third-order valence-corrected chi connectivity index (χ3v) is 7.59. The van der Waals surface area contributed by atoms with E-state index >= 15 is 0 Å². The highest BCUT2D eigenvalue weighted by Crippen LogP contribution is 2.41. The Hall–Kier alpha value is -1.64. The molecule has 3 atom stereocenters. The first-order valence-electron chi connectivity index (χ1n) is 12.8. The summed E-state index contributed by atoms with van der Waals surface area (Å²) in [5.74, 6) is 0.616. The van der Waals surface area contributed by atoms with E-state index in [9.17, 15) is 0 Å². The molecule has 0 aromatic heterocycles. The van der Waals surface area contributed by atoms with Crippen molar-refractivity contribution in [3.05, 3.63) is 70.3 Å². The number of hydrogen-bond acceptors (Lipinski definition) is 2. The predicted octanol–water partition coefficient (Wildman–Crippen LogP) is 7.30. The van der Waals surface area contributed by atoms with Crippen LogP contribution in [0.2, 0.25) is 0 Å². The fourth-order valence-corrected chi connectivity index (χ4v) is 5.86. The van der Waals surface area contributed by atoms with Crippen LogP contribution in [-0.2, 0) is 10.8 Å². The Labute approximate surface area is 196 Å². The Morgan fingerprint density at radius 2 is 1.38 bits per heavy atom. The van der Waals surface area contributed by atoms with E-state index < -0.39 is 0 Å². The molecule has 0 aliphatic carbocycles. The molecule has 2 heteroatoms. The number of benzene rings is 2. The molecule has 4 rings (SSSR count). The predicted molar refractivity (Wildman–Crippen MR) is 138 cm³/mol. The maximum absolute atomic E-state index is 3.85. The van der Waals surface area contributed by atoms with Gasteiger partial charge in [0.05, 0.1) is 0 Å². The zero-order valence-electron chi connectivity index (χ0n) is 21.2. The second-order valence-electron chi connectivity index (χ2n) is 12.2. The molecular formula is C30H44N2. The molecular weight excluding hydrogens is 388 g/mol. The van der Waals surface area contributed by atoms with E-state index in [0.29, 0.717) is 18.0 Å². The zero-order chi connectivity index (χ0) is 22.9. The molecule has 0 saturated carbocycles. The van der Waals surface area contributed by atoms with Gasteiger partial charge in [-0.15, -0.1) is 0 Å². The number of hydrogen-bond donors (Lipinski definition) is 2. The van der Waals surface area contributed by atoms with Crippen LogP contribution in [0.1, 0.15) is 119 Å². The lowest BCUT2D eigenvalue weighted by Gasteiger charge is -2.36. The molecule has 0 bridgehead atoms. The van der Waals surface area contributed by atoms with Crippen molar-refractivity contribution in [2.45, 2.75) is 102 Å². The van der Waals surface area contributed by atoms with Gasteiger partial charge in [-0.2, -0.15) is 0 Å². The minimum atomic E-state index is 0.166. The van der Waals surface area contributed by atoms with Crippen LogP contribution in [-0.4, -0.2) is 13.1 Å². The molecule has 2 aromatic rings. The lowest BCUT2D eigenvalue weighted by atomic mass is 9.75. The standard InChI is InChI=1S/C30H44N2/c1-29(2,3)25-12-8-7-11-23(25)28-20-22(16-18-32-28)21-14-15-26(30(4,5)6)24(19-21)27-13-9-10-17-31-27/h7-8,11-12,14-15,19,22,27-28,31-32H,9-10,13,16-18,20H2,1-6H3/t22?,27-,28+/m0/s1. The third kappa shape index (κ3) is 5.13. The van der Waals surface area contributed by atoms with Crippen molar-refractivity contribution in [1.82, 2.24) is 10.6 Å². The molecule has 1 unspecified atom stereocenters. The monoisotopic (exact) mass is 432 g/mol. The number of nitrogens with one attached hydrogen (secondary N) is 2. The molecule has 2 aliphatic heterocycles. The van der Waals surface area contributed by atoms with Crippen molar-refractivity contribution < 1.29 is 0 Å². The van der Waals surface area contributed by atoms with Crippen LogP contribution in [0.15, 0.2) is 42.5 Å². The topological polar surface area (TPSA) is 24.1 Å². The highest BCUT2D eigenvalue weighted by molar-refractivity contribution is 5.41. The highest BCUT2D eigenvalue weighted by Gasteiger charge is 2.30. The smallest absolute Gasteiger partial charge is 0.0329 e. The molecule has 0 amide bonds. The fraction of sp³-hybridized carbons (Fsp3) is 0.600. The molecule has 174 valence electrons. The Morgan fingerprint density at radius 3 is 2.06 bits per heavy atom. The average Bonchev–Trinajstić information content (AvgIpc) is 2.78. The van der Waals surface area contributed by atoms with Crippen LogP contribution in [0.4, 0.5) is 0 Å². The van der Waals surface area contributed by atoms with Crippen LogP contribution >= 0.6 is 0 Å². The van der Waals surface area contributed by atoms with Gasteiger partial charge in [-0.3, -0.25) is 0 Å². The lowest BCUT2D eigenvalue weighted by molar-refractivity contribution is 0.363. The summed E-state index contributed by atoms with van der Waals surface area (Å²) in [6.07, 6.45) is 6.31. The average molecular weight is 433 g/mol. The molecule has 2 heterocycles. The van der Waals surface area contributed by atoms with Crippen LogP contribution in [0.5, 0.6) is 0 Å². The molecule has 2 fully saturated rings. The van der Waals surface area contributed by atoms with Crippen LogP contribution in [0, 0.1) is 0 Å². The number of piperidine rings is 2. The van der Waals surface area contributed by atoms with Crippen LogP contribution in [0.3, 0.4) is 0 Å². The van der Waals surface area contributed by atoms with Crippen molar-refractivity contribution in [3.63, 3.8) is 0 Å².